The Morgan fingerprint density at radius 3 is 2.41 bits per heavy atom. The minimum Gasteiger partial charge on any atom is -0.495 e. The lowest BCUT2D eigenvalue weighted by Crippen LogP contribution is -2.30. The zero-order chi connectivity index (χ0) is 21.6. The van der Waals surface area contributed by atoms with E-state index in [0.29, 0.717) is 21.5 Å². The number of sulfonamides is 1. The van der Waals surface area contributed by atoms with E-state index in [2.05, 4.69) is 10.0 Å². The molecule has 0 fully saturated rings. The Kier molecular flexibility index (Phi) is 8.66. The van der Waals surface area contributed by atoms with Gasteiger partial charge in [0.2, 0.25) is 15.9 Å². The van der Waals surface area contributed by atoms with Crippen molar-refractivity contribution < 1.29 is 17.9 Å². The molecule has 2 rings (SSSR count). The van der Waals surface area contributed by atoms with Gasteiger partial charge in [-0.2, -0.15) is 0 Å². The molecule has 0 aliphatic rings. The number of amides is 1. The van der Waals surface area contributed by atoms with Gasteiger partial charge >= 0.3 is 0 Å². The smallest absolute Gasteiger partial charge is 0.240 e. The van der Waals surface area contributed by atoms with Crippen molar-refractivity contribution in [2.45, 2.75) is 30.5 Å². The van der Waals surface area contributed by atoms with E-state index >= 15 is 0 Å². The van der Waals surface area contributed by atoms with Crippen LogP contribution >= 0.6 is 35.0 Å². The number of carbonyl (C=O) groups is 1. The van der Waals surface area contributed by atoms with Crippen LogP contribution in [0.3, 0.4) is 0 Å². The molecule has 0 unspecified atom stereocenters. The molecule has 0 aliphatic carbocycles. The largest absolute Gasteiger partial charge is 0.495 e. The van der Waals surface area contributed by atoms with E-state index in [1.54, 1.807) is 32.0 Å². The molecule has 0 spiro atoms. The third-order valence-electron chi connectivity index (χ3n) is 3.69. The molecule has 0 saturated heterocycles. The number of thioether (sulfide) groups is 1. The normalized spacial score (nSPS) is 11.5. The number of hydrogen-bond acceptors (Lipinski definition) is 5. The minimum atomic E-state index is -3.70. The Balaban J connectivity index is 2.08. The summed E-state index contributed by atoms with van der Waals surface area (Å²) in [6.07, 6.45) is 0. The van der Waals surface area contributed by atoms with E-state index in [1.807, 2.05) is 0 Å². The first-order valence-corrected chi connectivity index (χ1v) is 12.0. The van der Waals surface area contributed by atoms with Gasteiger partial charge in [-0.05, 0) is 49.7 Å². The van der Waals surface area contributed by atoms with E-state index in [4.69, 9.17) is 27.9 Å². The molecular formula is C19H22Cl2N2O4S2. The molecule has 2 aromatic rings. The van der Waals surface area contributed by atoms with Crippen molar-refractivity contribution >= 4 is 56.6 Å². The summed E-state index contributed by atoms with van der Waals surface area (Å²) in [5, 5.41) is 3.79. The quantitative estimate of drug-likeness (QED) is 0.553. The third-order valence-corrected chi connectivity index (χ3v) is 7.01. The zero-order valence-electron chi connectivity index (χ0n) is 16.2. The van der Waals surface area contributed by atoms with Gasteiger partial charge in [-0.15, -0.1) is 11.8 Å². The van der Waals surface area contributed by atoms with Crippen LogP contribution in [-0.4, -0.2) is 33.2 Å². The maximum atomic E-state index is 12.4. The van der Waals surface area contributed by atoms with Crippen molar-refractivity contribution in [3.63, 3.8) is 0 Å². The molecule has 0 saturated carbocycles. The van der Waals surface area contributed by atoms with Crippen molar-refractivity contribution in [1.29, 1.82) is 0 Å². The number of methoxy groups -OCH3 is 1. The molecule has 158 valence electrons. The number of nitrogens with one attached hydrogen (secondary N) is 2. The second kappa shape index (κ2) is 10.5. The number of ether oxygens (including phenoxy) is 1. The summed E-state index contributed by atoms with van der Waals surface area (Å²) in [7, 11) is -2.25. The van der Waals surface area contributed by atoms with E-state index in [0.717, 1.165) is 5.56 Å². The molecule has 1 amide bonds. The summed E-state index contributed by atoms with van der Waals surface area (Å²) in [6.45, 7) is 3.46. The number of benzene rings is 2. The lowest BCUT2D eigenvalue weighted by Gasteiger charge is -2.14. The van der Waals surface area contributed by atoms with Crippen LogP contribution in [0.25, 0.3) is 0 Å². The van der Waals surface area contributed by atoms with Gasteiger partial charge < -0.3 is 10.1 Å². The summed E-state index contributed by atoms with van der Waals surface area (Å²) in [6, 6.07) is 9.28. The average Bonchev–Trinajstić information content (AvgIpc) is 2.63. The average molecular weight is 477 g/mol. The van der Waals surface area contributed by atoms with Crippen LogP contribution < -0.4 is 14.8 Å². The Hall–Kier alpha value is -1.45. The molecule has 29 heavy (non-hydrogen) atoms. The summed E-state index contributed by atoms with van der Waals surface area (Å²) >= 11 is 13.6. The van der Waals surface area contributed by atoms with Gasteiger partial charge in [0, 0.05) is 21.8 Å². The van der Waals surface area contributed by atoms with Gasteiger partial charge in [-0.3, -0.25) is 4.79 Å². The molecule has 0 radical (unpaired) electrons. The highest BCUT2D eigenvalue weighted by Gasteiger charge is 2.18. The van der Waals surface area contributed by atoms with Crippen LogP contribution in [-0.2, 0) is 20.6 Å². The Morgan fingerprint density at radius 1 is 1.17 bits per heavy atom. The zero-order valence-corrected chi connectivity index (χ0v) is 19.3. The predicted octanol–water partition coefficient (Wildman–Crippen LogP) is 4.56. The number of halogens is 2. The third kappa shape index (κ3) is 6.79. The molecular weight excluding hydrogens is 455 g/mol. The Labute approximate surface area is 185 Å². The van der Waals surface area contributed by atoms with Crippen LogP contribution in [0.4, 0.5) is 5.69 Å². The topological polar surface area (TPSA) is 84.5 Å². The van der Waals surface area contributed by atoms with Crippen molar-refractivity contribution in [3.05, 3.63) is 52.0 Å². The first-order chi connectivity index (χ1) is 13.6. The molecule has 6 nitrogen and oxygen atoms in total. The molecule has 2 aromatic carbocycles. The van der Waals surface area contributed by atoms with Crippen molar-refractivity contribution in [2.24, 2.45) is 0 Å². The maximum Gasteiger partial charge on any atom is 0.240 e. The standard InChI is InChI=1S/C19H22Cl2N2O4S2/c1-12(2)23-29(25,26)13-7-8-18(27-3)17(9-13)22-19(24)11-28-10-14-15(20)5-4-6-16(14)21/h4-9,12,23H,10-11H2,1-3H3,(H,22,24). The number of anilines is 1. The monoisotopic (exact) mass is 476 g/mol. The van der Waals surface area contributed by atoms with Gasteiger partial charge in [0.1, 0.15) is 5.75 Å². The fraction of sp³-hybridized carbons (Fsp3) is 0.316. The minimum absolute atomic E-state index is 0.0396. The molecule has 2 N–H and O–H groups in total. The van der Waals surface area contributed by atoms with Gasteiger partial charge in [0.05, 0.1) is 23.4 Å². The van der Waals surface area contributed by atoms with E-state index in [9.17, 15) is 13.2 Å². The molecule has 0 aliphatic heterocycles. The summed E-state index contributed by atoms with van der Waals surface area (Å²) in [4.78, 5) is 12.4. The predicted molar refractivity (Wildman–Crippen MR) is 120 cm³/mol. The molecule has 0 heterocycles. The Morgan fingerprint density at radius 2 is 1.83 bits per heavy atom. The van der Waals surface area contributed by atoms with Gasteiger partial charge in [0.15, 0.2) is 0 Å². The highest BCUT2D eigenvalue weighted by atomic mass is 35.5. The lowest BCUT2D eigenvalue weighted by atomic mass is 10.2. The van der Waals surface area contributed by atoms with Crippen molar-refractivity contribution in [3.8, 4) is 5.75 Å². The van der Waals surface area contributed by atoms with E-state index < -0.39 is 10.0 Å². The first kappa shape index (κ1) is 23.8. The van der Waals surface area contributed by atoms with Gasteiger partial charge in [-0.25, -0.2) is 13.1 Å². The van der Waals surface area contributed by atoms with Crippen LogP contribution in [0.5, 0.6) is 5.75 Å². The maximum absolute atomic E-state index is 12.4. The fourth-order valence-electron chi connectivity index (χ4n) is 2.43. The van der Waals surface area contributed by atoms with Crippen LogP contribution in [0.15, 0.2) is 41.3 Å². The fourth-order valence-corrected chi connectivity index (χ4v) is 5.27. The summed E-state index contributed by atoms with van der Waals surface area (Å²) < 4.78 is 32.5. The summed E-state index contributed by atoms with van der Waals surface area (Å²) in [5.74, 6) is 0.658. The Bertz CT molecular complexity index is 962. The molecule has 0 bridgehead atoms. The van der Waals surface area contributed by atoms with Crippen LogP contribution in [0.2, 0.25) is 10.0 Å². The second-order valence-electron chi connectivity index (χ2n) is 6.38. The van der Waals surface area contributed by atoms with Gasteiger partial charge in [-0.1, -0.05) is 29.3 Å². The van der Waals surface area contributed by atoms with Crippen molar-refractivity contribution in [1.82, 2.24) is 4.72 Å². The van der Waals surface area contributed by atoms with Crippen LogP contribution in [0, 0.1) is 0 Å². The SMILES string of the molecule is COc1ccc(S(=O)(=O)NC(C)C)cc1NC(=O)CSCc1c(Cl)cccc1Cl. The first-order valence-electron chi connectivity index (χ1n) is 8.65. The second-order valence-corrected chi connectivity index (χ2v) is 9.89. The number of carbonyl (C=O) groups excluding carboxylic acids is 1. The highest BCUT2D eigenvalue weighted by molar-refractivity contribution is 7.99. The number of rotatable bonds is 9. The van der Waals surface area contributed by atoms with E-state index in [-0.39, 0.29) is 28.3 Å². The van der Waals surface area contributed by atoms with Crippen LogP contribution in [0.1, 0.15) is 19.4 Å². The molecule has 0 aromatic heterocycles. The summed E-state index contributed by atoms with van der Waals surface area (Å²) in [5.41, 5.74) is 1.04. The molecule has 10 heteroatoms. The van der Waals surface area contributed by atoms with E-state index in [1.165, 1.54) is 37.1 Å². The lowest BCUT2D eigenvalue weighted by molar-refractivity contribution is -0.113. The van der Waals surface area contributed by atoms with Gasteiger partial charge in [0.25, 0.3) is 0 Å². The molecule has 0 atom stereocenters. The van der Waals surface area contributed by atoms with Crippen molar-refractivity contribution in [2.75, 3.05) is 18.2 Å². The highest BCUT2D eigenvalue weighted by Crippen LogP contribution is 2.30. The number of hydrogen-bond donors (Lipinski definition) is 2.